The van der Waals surface area contributed by atoms with Crippen molar-refractivity contribution in [2.45, 2.75) is 24.6 Å². The van der Waals surface area contributed by atoms with E-state index >= 15 is 0 Å². The second-order valence-electron chi connectivity index (χ2n) is 4.24. The molecule has 1 atom stereocenters. The smallest absolute Gasteiger partial charge is 0.290 e. The third-order valence-corrected chi connectivity index (χ3v) is 3.93. The quantitative estimate of drug-likeness (QED) is 0.843. The van der Waals surface area contributed by atoms with E-state index in [0.29, 0.717) is 16.6 Å². The van der Waals surface area contributed by atoms with Gasteiger partial charge in [-0.15, -0.1) is 0 Å². The predicted octanol–water partition coefficient (Wildman–Crippen LogP) is 1.77. The molecule has 1 saturated heterocycles. The lowest BCUT2D eigenvalue weighted by molar-refractivity contribution is 0.405. The summed E-state index contributed by atoms with van der Waals surface area (Å²) in [7, 11) is 0. The van der Waals surface area contributed by atoms with Crippen molar-refractivity contribution in [2.24, 2.45) is 5.92 Å². The van der Waals surface area contributed by atoms with Gasteiger partial charge in [0.05, 0.1) is 0 Å². The molecule has 0 radical (unpaired) electrons. The van der Waals surface area contributed by atoms with Gasteiger partial charge in [0, 0.05) is 30.3 Å². The maximum Gasteiger partial charge on any atom is 0.290 e. The average Bonchev–Trinajstić information content (AvgIpc) is 2.30. The van der Waals surface area contributed by atoms with Gasteiger partial charge in [-0.05, 0) is 18.8 Å². The molecule has 88 valence electrons. The van der Waals surface area contributed by atoms with E-state index in [1.165, 1.54) is 0 Å². The minimum atomic E-state index is -0.0900. The van der Waals surface area contributed by atoms with Crippen molar-refractivity contribution in [3.8, 4) is 0 Å². The van der Waals surface area contributed by atoms with Crippen molar-refractivity contribution >= 4 is 21.7 Å². The van der Waals surface area contributed by atoms with Crippen LogP contribution < -0.4 is 10.5 Å². The lowest BCUT2D eigenvalue weighted by Gasteiger charge is -2.33. The molecule has 0 aliphatic carbocycles. The van der Waals surface area contributed by atoms with Crippen LogP contribution in [0.25, 0.3) is 0 Å². The number of hydrogen-bond donors (Lipinski definition) is 1. The molecule has 16 heavy (non-hydrogen) atoms. The first-order chi connectivity index (χ1) is 7.68. The van der Waals surface area contributed by atoms with Gasteiger partial charge in [0.2, 0.25) is 0 Å². The van der Waals surface area contributed by atoms with Crippen LogP contribution in [0.4, 0.5) is 5.82 Å². The van der Waals surface area contributed by atoms with Gasteiger partial charge in [-0.25, -0.2) is 4.98 Å². The summed E-state index contributed by atoms with van der Waals surface area (Å²) in [6.07, 6.45) is 5.43. The summed E-state index contributed by atoms with van der Waals surface area (Å²) in [4.78, 5) is 21.0. The number of nitrogens with one attached hydrogen (secondary N) is 1. The van der Waals surface area contributed by atoms with Crippen LogP contribution in [-0.2, 0) is 0 Å². The number of aromatic amines is 1. The van der Waals surface area contributed by atoms with Crippen molar-refractivity contribution in [3.63, 3.8) is 0 Å². The maximum atomic E-state index is 11.6. The molecule has 1 aliphatic rings. The number of halogens is 1. The number of rotatable bonds is 2. The molecule has 1 unspecified atom stereocenters. The molecule has 0 amide bonds. The summed E-state index contributed by atoms with van der Waals surface area (Å²) in [6.45, 7) is 4.02. The fourth-order valence-corrected chi connectivity index (χ4v) is 2.67. The Bertz CT molecular complexity index is 396. The number of anilines is 1. The van der Waals surface area contributed by atoms with Gasteiger partial charge >= 0.3 is 0 Å². The number of hydrogen-bond acceptors (Lipinski definition) is 3. The summed E-state index contributed by atoms with van der Waals surface area (Å²) in [5.74, 6) is 1.27. The average molecular weight is 286 g/mol. The van der Waals surface area contributed by atoms with E-state index in [4.69, 9.17) is 0 Å². The third-order valence-electron chi connectivity index (χ3n) is 3.18. The minimum Gasteiger partial charge on any atom is -0.352 e. The van der Waals surface area contributed by atoms with E-state index in [1.807, 2.05) is 0 Å². The van der Waals surface area contributed by atoms with Gasteiger partial charge in [-0.1, -0.05) is 22.9 Å². The summed E-state index contributed by atoms with van der Waals surface area (Å²) in [5.41, 5.74) is -0.0900. The Hall–Kier alpha value is -0.840. The first-order valence-electron chi connectivity index (χ1n) is 5.61. The highest BCUT2D eigenvalue weighted by atomic mass is 79.9. The Morgan fingerprint density at radius 1 is 1.56 bits per heavy atom. The first-order valence-corrected chi connectivity index (χ1v) is 6.53. The molecule has 1 aromatic heterocycles. The van der Waals surface area contributed by atoms with E-state index in [9.17, 15) is 4.79 Å². The molecule has 1 aromatic rings. The summed E-state index contributed by atoms with van der Waals surface area (Å²) >= 11 is 3.62. The van der Waals surface area contributed by atoms with Crippen LogP contribution in [0.2, 0.25) is 0 Å². The Morgan fingerprint density at radius 3 is 2.81 bits per heavy atom. The Kier molecular flexibility index (Phi) is 3.63. The number of H-pyrrole nitrogens is 1. The first kappa shape index (κ1) is 11.6. The largest absolute Gasteiger partial charge is 0.352 e. The summed E-state index contributed by atoms with van der Waals surface area (Å²) in [5, 5.41) is 0. The molecular formula is C11H16BrN3O. The fraction of sp³-hybridized carbons (Fsp3) is 0.636. The van der Waals surface area contributed by atoms with Gasteiger partial charge in [0.25, 0.3) is 5.56 Å². The zero-order valence-corrected chi connectivity index (χ0v) is 10.9. The number of alkyl halides is 1. The number of nitrogens with zero attached hydrogens (tertiary/aromatic N) is 2. The molecule has 0 aromatic carbocycles. The highest BCUT2D eigenvalue weighted by Crippen LogP contribution is 2.25. The van der Waals surface area contributed by atoms with Gasteiger partial charge < -0.3 is 9.88 Å². The molecule has 5 heteroatoms. The van der Waals surface area contributed by atoms with Gasteiger partial charge in [0.1, 0.15) is 0 Å². The van der Waals surface area contributed by atoms with Gasteiger partial charge in [0.15, 0.2) is 5.82 Å². The molecule has 0 spiro atoms. The van der Waals surface area contributed by atoms with Crippen molar-refractivity contribution in [1.29, 1.82) is 0 Å². The van der Waals surface area contributed by atoms with E-state index in [0.717, 1.165) is 25.9 Å². The lowest BCUT2D eigenvalue weighted by atomic mass is 9.94. The summed E-state index contributed by atoms with van der Waals surface area (Å²) in [6, 6.07) is 0. The SMILES string of the molecule is CC(Br)C1CCN(c2ncc[nH]c2=O)CC1. The standard InChI is InChI=1S/C11H16BrN3O/c1-8(12)9-2-6-15(7-3-9)10-11(16)14-5-4-13-10/h4-5,8-9H,2-3,6-7H2,1H3,(H,14,16). The number of aromatic nitrogens is 2. The summed E-state index contributed by atoms with van der Waals surface area (Å²) < 4.78 is 0. The molecule has 2 heterocycles. The van der Waals surface area contributed by atoms with Crippen LogP contribution in [0.15, 0.2) is 17.2 Å². The molecule has 0 saturated carbocycles. The van der Waals surface area contributed by atoms with Crippen molar-refractivity contribution in [1.82, 2.24) is 9.97 Å². The van der Waals surface area contributed by atoms with Crippen LogP contribution in [0, 0.1) is 5.92 Å². The minimum absolute atomic E-state index is 0.0900. The van der Waals surface area contributed by atoms with E-state index in [1.54, 1.807) is 12.4 Å². The Balaban J connectivity index is 2.05. The normalized spacial score (nSPS) is 19.8. The Morgan fingerprint density at radius 2 is 2.25 bits per heavy atom. The van der Waals surface area contributed by atoms with Crippen LogP contribution in [0.1, 0.15) is 19.8 Å². The van der Waals surface area contributed by atoms with E-state index in [2.05, 4.69) is 37.7 Å². The third kappa shape index (κ3) is 2.45. The molecular weight excluding hydrogens is 270 g/mol. The van der Waals surface area contributed by atoms with Gasteiger partial charge in [-0.3, -0.25) is 4.79 Å². The van der Waals surface area contributed by atoms with E-state index in [-0.39, 0.29) is 5.56 Å². The van der Waals surface area contributed by atoms with Crippen LogP contribution in [-0.4, -0.2) is 27.9 Å². The molecule has 4 nitrogen and oxygen atoms in total. The zero-order chi connectivity index (χ0) is 11.5. The highest BCUT2D eigenvalue weighted by Gasteiger charge is 2.24. The molecule has 1 fully saturated rings. The molecule has 2 rings (SSSR count). The molecule has 1 N–H and O–H groups in total. The lowest BCUT2D eigenvalue weighted by Crippen LogP contribution is -2.39. The Labute approximate surface area is 103 Å². The van der Waals surface area contributed by atoms with Crippen molar-refractivity contribution in [3.05, 3.63) is 22.7 Å². The monoisotopic (exact) mass is 285 g/mol. The second kappa shape index (κ2) is 4.99. The van der Waals surface area contributed by atoms with Gasteiger partial charge in [-0.2, -0.15) is 0 Å². The predicted molar refractivity (Wildman–Crippen MR) is 68.2 cm³/mol. The molecule has 0 bridgehead atoms. The topological polar surface area (TPSA) is 49.0 Å². The van der Waals surface area contributed by atoms with Crippen LogP contribution >= 0.6 is 15.9 Å². The van der Waals surface area contributed by atoms with Crippen molar-refractivity contribution in [2.75, 3.05) is 18.0 Å². The fourth-order valence-electron chi connectivity index (χ4n) is 2.14. The van der Waals surface area contributed by atoms with Crippen LogP contribution in [0.5, 0.6) is 0 Å². The highest BCUT2D eigenvalue weighted by molar-refractivity contribution is 9.09. The molecule has 1 aliphatic heterocycles. The van der Waals surface area contributed by atoms with Crippen LogP contribution in [0.3, 0.4) is 0 Å². The van der Waals surface area contributed by atoms with Crippen molar-refractivity contribution < 1.29 is 0 Å². The zero-order valence-electron chi connectivity index (χ0n) is 9.32. The maximum absolute atomic E-state index is 11.6. The second-order valence-corrected chi connectivity index (χ2v) is 5.69. The number of piperidine rings is 1. The van der Waals surface area contributed by atoms with E-state index < -0.39 is 0 Å².